The van der Waals surface area contributed by atoms with Gasteiger partial charge in [-0.3, -0.25) is 0 Å². The number of hydrogen-bond acceptors (Lipinski definition) is 5. The molecule has 1 aromatic carbocycles. The summed E-state index contributed by atoms with van der Waals surface area (Å²) in [5.41, 5.74) is 5.44. The first-order chi connectivity index (χ1) is 7.66. The maximum atomic E-state index is 5.93. The summed E-state index contributed by atoms with van der Waals surface area (Å²) < 4.78 is 5.46. The van der Waals surface area contributed by atoms with Gasteiger partial charge in [0.15, 0.2) is 10.8 Å². The van der Waals surface area contributed by atoms with Crippen LogP contribution in [0.3, 0.4) is 0 Å². The highest BCUT2D eigenvalue weighted by atomic mass is 35.5. The van der Waals surface area contributed by atoms with Crippen LogP contribution in [0, 0.1) is 0 Å². The number of anilines is 1. The number of benzene rings is 1. The van der Waals surface area contributed by atoms with E-state index in [1.54, 1.807) is 18.2 Å². The molecule has 0 amide bonds. The molecule has 0 bridgehead atoms. The van der Waals surface area contributed by atoms with Gasteiger partial charge in [0.05, 0.1) is 10.0 Å². The van der Waals surface area contributed by atoms with Crippen molar-refractivity contribution >= 4 is 39.7 Å². The molecule has 0 fully saturated rings. The lowest BCUT2D eigenvalue weighted by molar-refractivity contribution is 0.305. The van der Waals surface area contributed by atoms with E-state index < -0.39 is 0 Å². The Morgan fingerprint density at radius 1 is 1.25 bits per heavy atom. The van der Waals surface area contributed by atoms with Gasteiger partial charge in [-0.05, 0) is 12.1 Å². The first kappa shape index (κ1) is 11.4. The minimum Gasteiger partial charge on any atom is -0.483 e. The number of rotatable bonds is 3. The second kappa shape index (κ2) is 4.86. The normalized spacial score (nSPS) is 10.4. The topological polar surface area (TPSA) is 61.0 Å². The van der Waals surface area contributed by atoms with E-state index in [0.717, 1.165) is 0 Å². The fraction of sp³-hybridized carbons (Fsp3) is 0.111. The maximum absolute atomic E-state index is 5.93. The number of nitrogens with two attached hydrogens (primary N) is 1. The van der Waals surface area contributed by atoms with E-state index in [1.165, 1.54) is 11.3 Å². The fourth-order valence-corrected chi connectivity index (χ4v) is 2.11. The van der Waals surface area contributed by atoms with Crippen molar-refractivity contribution in [3.8, 4) is 5.75 Å². The monoisotopic (exact) mass is 275 g/mol. The zero-order chi connectivity index (χ0) is 11.5. The van der Waals surface area contributed by atoms with Gasteiger partial charge in [-0.25, -0.2) is 0 Å². The summed E-state index contributed by atoms with van der Waals surface area (Å²) in [6.45, 7) is 0.248. The molecule has 0 spiro atoms. The van der Waals surface area contributed by atoms with Gasteiger partial charge in [0.25, 0.3) is 0 Å². The minimum absolute atomic E-state index is 0.248. The molecule has 0 aliphatic heterocycles. The van der Waals surface area contributed by atoms with Crippen LogP contribution in [0.25, 0.3) is 0 Å². The van der Waals surface area contributed by atoms with Crippen LogP contribution in [0.5, 0.6) is 5.75 Å². The van der Waals surface area contributed by atoms with Crippen LogP contribution in [0.4, 0.5) is 5.13 Å². The predicted octanol–water partition coefficient (Wildman–Crippen LogP) is 3.01. The van der Waals surface area contributed by atoms with Gasteiger partial charge in [0, 0.05) is 0 Å². The quantitative estimate of drug-likeness (QED) is 0.936. The molecular formula is C9H7Cl2N3OS. The largest absolute Gasteiger partial charge is 0.483 e. The third kappa shape index (κ3) is 2.55. The lowest BCUT2D eigenvalue weighted by Gasteiger charge is -2.07. The lowest BCUT2D eigenvalue weighted by Crippen LogP contribution is -1.96. The highest BCUT2D eigenvalue weighted by Crippen LogP contribution is 2.33. The molecule has 0 unspecified atom stereocenters. The summed E-state index contributed by atoms with van der Waals surface area (Å²) >= 11 is 13.1. The van der Waals surface area contributed by atoms with Crippen molar-refractivity contribution in [2.75, 3.05) is 5.73 Å². The number of nitrogen functional groups attached to an aromatic ring is 1. The molecule has 0 saturated carbocycles. The van der Waals surface area contributed by atoms with E-state index in [0.29, 0.717) is 25.9 Å². The average molecular weight is 276 g/mol. The molecule has 0 radical (unpaired) electrons. The van der Waals surface area contributed by atoms with Crippen LogP contribution in [0.2, 0.25) is 10.0 Å². The first-order valence-electron chi connectivity index (χ1n) is 4.31. The van der Waals surface area contributed by atoms with Gasteiger partial charge in [-0.2, -0.15) is 0 Å². The molecule has 1 heterocycles. The van der Waals surface area contributed by atoms with Crippen LogP contribution < -0.4 is 10.5 Å². The molecular weight excluding hydrogens is 269 g/mol. The van der Waals surface area contributed by atoms with Crippen molar-refractivity contribution in [3.05, 3.63) is 33.3 Å². The Balaban J connectivity index is 2.10. The van der Waals surface area contributed by atoms with Crippen molar-refractivity contribution in [1.82, 2.24) is 10.2 Å². The van der Waals surface area contributed by atoms with Gasteiger partial charge in [-0.1, -0.05) is 40.6 Å². The van der Waals surface area contributed by atoms with Crippen LogP contribution in [-0.4, -0.2) is 10.2 Å². The zero-order valence-corrected chi connectivity index (χ0v) is 10.3. The summed E-state index contributed by atoms with van der Waals surface area (Å²) in [6.07, 6.45) is 0. The van der Waals surface area contributed by atoms with Crippen LogP contribution >= 0.6 is 34.5 Å². The molecule has 2 rings (SSSR count). The van der Waals surface area contributed by atoms with E-state index >= 15 is 0 Å². The second-order valence-electron chi connectivity index (χ2n) is 2.87. The number of ether oxygens (including phenoxy) is 1. The van der Waals surface area contributed by atoms with Gasteiger partial charge in [0.1, 0.15) is 6.61 Å². The zero-order valence-electron chi connectivity index (χ0n) is 7.98. The summed E-state index contributed by atoms with van der Waals surface area (Å²) in [7, 11) is 0. The van der Waals surface area contributed by atoms with Crippen molar-refractivity contribution in [1.29, 1.82) is 0 Å². The van der Waals surface area contributed by atoms with E-state index in [2.05, 4.69) is 10.2 Å². The standard InChI is InChI=1S/C9H7Cl2N3OS/c10-5-2-1-3-6(11)8(5)15-4-7-13-14-9(12)16-7/h1-3H,4H2,(H2,12,14). The minimum atomic E-state index is 0.248. The SMILES string of the molecule is Nc1nnc(COc2c(Cl)cccc2Cl)s1. The molecule has 1 aromatic heterocycles. The number of hydrogen-bond donors (Lipinski definition) is 1. The van der Waals surface area contributed by atoms with E-state index in [-0.39, 0.29) is 6.61 Å². The molecule has 2 aromatic rings. The number of aromatic nitrogens is 2. The van der Waals surface area contributed by atoms with Gasteiger partial charge < -0.3 is 10.5 Å². The van der Waals surface area contributed by atoms with Crippen molar-refractivity contribution in [3.63, 3.8) is 0 Å². The second-order valence-corrected chi connectivity index (χ2v) is 4.78. The number of para-hydroxylation sites is 1. The molecule has 16 heavy (non-hydrogen) atoms. The smallest absolute Gasteiger partial charge is 0.203 e. The third-order valence-electron chi connectivity index (χ3n) is 1.74. The molecule has 4 nitrogen and oxygen atoms in total. The molecule has 0 atom stereocenters. The molecule has 0 aliphatic carbocycles. The van der Waals surface area contributed by atoms with Gasteiger partial charge >= 0.3 is 0 Å². The average Bonchev–Trinajstić information content (AvgIpc) is 2.63. The summed E-state index contributed by atoms with van der Waals surface area (Å²) in [5, 5.41) is 9.50. The Kier molecular flexibility index (Phi) is 3.48. The van der Waals surface area contributed by atoms with Gasteiger partial charge in [0.2, 0.25) is 5.13 Å². The molecule has 7 heteroatoms. The fourth-order valence-electron chi connectivity index (χ4n) is 1.08. The van der Waals surface area contributed by atoms with E-state index in [1.807, 2.05) is 0 Å². The summed E-state index contributed by atoms with van der Waals surface area (Å²) in [5.74, 6) is 0.444. The van der Waals surface area contributed by atoms with Crippen molar-refractivity contribution < 1.29 is 4.74 Å². The van der Waals surface area contributed by atoms with Crippen LogP contribution in [-0.2, 0) is 6.61 Å². The molecule has 0 saturated heterocycles. The summed E-state index contributed by atoms with van der Waals surface area (Å²) in [6, 6.07) is 5.16. The van der Waals surface area contributed by atoms with Crippen molar-refractivity contribution in [2.24, 2.45) is 0 Å². The Morgan fingerprint density at radius 2 is 1.94 bits per heavy atom. The van der Waals surface area contributed by atoms with E-state index in [4.69, 9.17) is 33.7 Å². The maximum Gasteiger partial charge on any atom is 0.203 e. The predicted molar refractivity (Wildman–Crippen MR) is 65.1 cm³/mol. The van der Waals surface area contributed by atoms with Gasteiger partial charge in [-0.15, -0.1) is 10.2 Å². The molecule has 84 valence electrons. The first-order valence-corrected chi connectivity index (χ1v) is 5.88. The molecule has 2 N–H and O–H groups in total. The summed E-state index contributed by atoms with van der Waals surface area (Å²) in [4.78, 5) is 0. The Labute approximate surface area is 106 Å². The highest BCUT2D eigenvalue weighted by Gasteiger charge is 2.08. The number of halogens is 2. The Bertz CT molecular complexity index is 483. The highest BCUT2D eigenvalue weighted by molar-refractivity contribution is 7.15. The van der Waals surface area contributed by atoms with Crippen LogP contribution in [0.15, 0.2) is 18.2 Å². The Hall–Kier alpha value is -1.04. The lowest BCUT2D eigenvalue weighted by atomic mass is 10.3. The van der Waals surface area contributed by atoms with Crippen LogP contribution in [0.1, 0.15) is 5.01 Å². The van der Waals surface area contributed by atoms with E-state index in [9.17, 15) is 0 Å². The molecule has 0 aliphatic rings. The third-order valence-corrected chi connectivity index (χ3v) is 3.06. The Morgan fingerprint density at radius 3 is 2.50 bits per heavy atom. The van der Waals surface area contributed by atoms with Crippen molar-refractivity contribution in [2.45, 2.75) is 6.61 Å². The number of nitrogens with zero attached hydrogens (tertiary/aromatic N) is 2.